The monoisotopic (exact) mass is 383 g/mol. The Morgan fingerprint density at radius 2 is 1.50 bits per heavy atom. The van der Waals surface area contributed by atoms with E-state index in [0.29, 0.717) is 13.2 Å². The summed E-state index contributed by atoms with van der Waals surface area (Å²) in [4.78, 5) is 0. The summed E-state index contributed by atoms with van der Waals surface area (Å²) in [5.41, 5.74) is 2.58. The molecule has 154 valence electrons. The molecular formula is C25H37NO2. The van der Waals surface area contributed by atoms with E-state index >= 15 is 0 Å². The van der Waals surface area contributed by atoms with Gasteiger partial charge in [0.05, 0.1) is 0 Å². The molecule has 0 aliphatic rings. The van der Waals surface area contributed by atoms with Gasteiger partial charge in [0.25, 0.3) is 0 Å². The molecule has 0 aliphatic carbocycles. The Labute approximate surface area is 171 Å². The number of rotatable bonds is 15. The van der Waals surface area contributed by atoms with Gasteiger partial charge in [0.1, 0.15) is 18.5 Å². The van der Waals surface area contributed by atoms with Crippen LogP contribution >= 0.6 is 0 Å². The van der Waals surface area contributed by atoms with Gasteiger partial charge in [-0.25, -0.2) is 0 Å². The Hall–Kier alpha value is -1.84. The first-order valence-electron chi connectivity index (χ1n) is 10.9. The highest BCUT2D eigenvalue weighted by Crippen LogP contribution is 2.15. The maximum Gasteiger partial charge on any atom is 0.119 e. The summed E-state index contributed by atoms with van der Waals surface area (Å²) in [6.45, 7) is 3.84. The molecule has 0 fully saturated rings. The van der Waals surface area contributed by atoms with Crippen LogP contribution in [0.4, 0.5) is 0 Å². The first-order chi connectivity index (χ1) is 13.8. The van der Waals surface area contributed by atoms with Crippen molar-refractivity contribution >= 4 is 0 Å². The molecule has 0 heterocycles. The molecule has 2 rings (SSSR count). The Kier molecular flexibility index (Phi) is 11.4. The topological polar surface area (TPSA) is 41.5 Å². The van der Waals surface area contributed by atoms with Crippen LogP contribution in [0.1, 0.15) is 63.0 Å². The molecule has 2 N–H and O–H groups in total. The summed E-state index contributed by atoms with van der Waals surface area (Å²) < 4.78 is 5.72. The third-order valence-corrected chi connectivity index (χ3v) is 4.99. The van der Waals surface area contributed by atoms with Gasteiger partial charge in [0.2, 0.25) is 0 Å². The van der Waals surface area contributed by atoms with Crippen LogP contribution < -0.4 is 10.1 Å². The van der Waals surface area contributed by atoms with Crippen LogP contribution in [0.15, 0.2) is 54.6 Å². The number of aliphatic hydroxyl groups excluding tert-OH is 1. The van der Waals surface area contributed by atoms with Gasteiger partial charge < -0.3 is 15.2 Å². The van der Waals surface area contributed by atoms with Crippen LogP contribution in [0, 0.1) is 0 Å². The predicted molar refractivity (Wildman–Crippen MR) is 118 cm³/mol. The fraction of sp³-hybridized carbons (Fsp3) is 0.520. The maximum atomic E-state index is 10.1. The van der Waals surface area contributed by atoms with Gasteiger partial charge >= 0.3 is 0 Å². The van der Waals surface area contributed by atoms with E-state index in [-0.39, 0.29) is 0 Å². The zero-order valence-corrected chi connectivity index (χ0v) is 17.4. The van der Waals surface area contributed by atoms with E-state index in [2.05, 4.69) is 36.5 Å². The number of aryl methyl sites for hydroxylation is 1. The van der Waals surface area contributed by atoms with E-state index in [0.717, 1.165) is 18.7 Å². The molecule has 3 nitrogen and oxygen atoms in total. The van der Waals surface area contributed by atoms with Gasteiger partial charge in [0, 0.05) is 13.1 Å². The van der Waals surface area contributed by atoms with Gasteiger partial charge in [-0.3, -0.25) is 0 Å². The zero-order valence-electron chi connectivity index (χ0n) is 17.4. The Bertz CT molecular complexity index is 612. The fourth-order valence-electron chi connectivity index (χ4n) is 3.27. The van der Waals surface area contributed by atoms with E-state index in [4.69, 9.17) is 4.74 Å². The molecule has 0 aliphatic heterocycles. The van der Waals surface area contributed by atoms with Crippen molar-refractivity contribution in [2.24, 2.45) is 0 Å². The van der Waals surface area contributed by atoms with Crippen LogP contribution in [0.25, 0.3) is 0 Å². The van der Waals surface area contributed by atoms with Crippen LogP contribution in [-0.4, -0.2) is 24.4 Å². The summed E-state index contributed by atoms with van der Waals surface area (Å²) >= 11 is 0. The fourth-order valence-corrected chi connectivity index (χ4v) is 3.27. The van der Waals surface area contributed by atoms with E-state index in [9.17, 15) is 5.11 Å². The minimum Gasteiger partial charge on any atom is -0.491 e. The van der Waals surface area contributed by atoms with Crippen LogP contribution in [0.2, 0.25) is 0 Å². The second kappa shape index (κ2) is 14.2. The molecule has 3 heteroatoms. The van der Waals surface area contributed by atoms with Crippen molar-refractivity contribution in [1.82, 2.24) is 5.32 Å². The van der Waals surface area contributed by atoms with E-state index in [1.54, 1.807) is 0 Å². The van der Waals surface area contributed by atoms with Gasteiger partial charge in [0.15, 0.2) is 0 Å². The Morgan fingerprint density at radius 1 is 0.821 bits per heavy atom. The second-order valence-electron chi connectivity index (χ2n) is 7.60. The quantitative estimate of drug-likeness (QED) is 0.399. The highest BCUT2D eigenvalue weighted by Gasteiger charge is 2.05. The standard InChI is InChI=1S/C25H37NO2/c1-2-3-4-5-6-7-9-12-22-15-17-25(18-16-22)28-21-24(27)20-26-19-23-13-10-8-11-14-23/h8,10-11,13-18,24,26-27H,2-7,9,12,19-21H2,1H3/t24-/m1/s1. The van der Waals surface area contributed by atoms with Gasteiger partial charge in [-0.05, 0) is 36.1 Å². The van der Waals surface area contributed by atoms with Gasteiger partial charge in [-0.1, -0.05) is 87.9 Å². The van der Waals surface area contributed by atoms with Crippen molar-refractivity contribution in [2.75, 3.05) is 13.2 Å². The highest BCUT2D eigenvalue weighted by atomic mass is 16.5. The predicted octanol–water partition coefficient (Wildman–Crippen LogP) is 5.51. The first-order valence-corrected chi connectivity index (χ1v) is 10.9. The van der Waals surface area contributed by atoms with Crippen LogP contribution in [0.5, 0.6) is 5.75 Å². The highest BCUT2D eigenvalue weighted by molar-refractivity contribution is 5.27. The summed E-state index contributed by atoms with van der Waals surface area (Å²) in [5.74, 6) is 0.824. The molecule has 0 amide bonds. The van der Waals surface area contributed by atoms with E-state index in [1.165, 1.54) is 56.1 Å². The summed E-state index contributed by atoms with van der Waals surface area (Å²) in [7, 11) is 0. The average Bonchev–Trinajstić information content (AvgIpc) is 2.73. The van der Waals surface area contributed by atoms with Gasteiger partial charge in [-0.2, -0.15) is 0 Å². The minimum absolute atomic E-state index is 0.304. The number of aliphatic hydroxyl groups is 1. The first kappa shape index (κ1) is 22.4. The van der Waals surface area contributed by atoms with Crippen molar-refractivity contribution in [3.8, 4) is 5.75 Å². The molecule has 2 aromatic rings. The zero-order chi connectivity index (χ0) is 19.9. The second-order valence-corrected chi connectivity index (χ2v) is 7.60. The number of unbranched alkanes of at least 4 members (excludes halogenated alkanes) is 6. The molecule has 0 unspecified atom stereocenters. The van der Waals surface area contributed by atoms with Crippen molar-refractivity contribution in [2.45, 2.75) is 70.9 Å². The number of hydrogen-bond acceptors (Lipinski definition) is 3. The third-order valence-electron chi connectivity index (χ3n) is 4.99. The molecule has 0 spiro atoms. The number of nitrogens with one attached hydrogen (secondary N) is 1. The molecule has 0 saturated heterocycles. The smallest absolute Gasteiger partial charge is 0.119 e. The van der Waals surface area contributed by atoms with Crippen LogP contribution in [0.3, 0.4) is 0 Å². The third kappa shape index (κ3) is 9.91. The lowest BCUT2D eigenvalue weighted by Gasteiger charge is -2.13. The molecule has 2 aromatic carbocycles. The molecule has 1 atom stereocenters. The normalized spacial score (nSPS) is 12.1. The Morgan fingerprint density at radius 3 is 2.21 bits per heavy atom. The molecule has 0 saturated carbocycles. The molecule has 0 aromatic heterocycles. The average molecular weight is 384 g/mol. The summed E-state index contributed by atoms with van der Waals surface area (Å²) in [6, 6.07) is 18.5. The molecule has 0 bridgehead atoms. The molecule has 28 heavy (non-hydrogen) atoms. The van der Waals surface area contributed by atoms with Crippen molar-refractivity contribution in [1.29, 1.82) is 0 Å². The van der Waals surface area contributed by atoms with Crippen molar-refractivity contribution in [3.05, 3.63) is 65.7 Å². The molecule has 0 radical (unpaired) electrons. The summed E-state index contributed by atoms with van der Waals surface area (Å²) in [5, 5.41) is 13.3. The summed E-state index contributed by atoms with van der Waals surface area (Å²) in [6.07, 6.45) is 10.0. The largest absolute Gasteiger partial charge is 0.491 e. The van der Waals surface area contributed by atoms with E-state index < -0.39 is 6.10 Å². The minimum atomic E-state index is -0.518. The lowest BCUT2D eigenvalue weighted by Crippen LogP contribution is -2.31. The lowest BCUT2D eigenvalue weighted by molar-refractivity contribution is 0.106. The van der Waals surface area contributed by atoms with Crippen molar-refractivity contribution in [3.63, 3.8) is 0 Å². The SMILES string of the molecule is CCCCCCCCCc1ccc(OC[C@H](O)CNCc2ccccc2)cc1. The molecular weight excluding hydrogens is 346 g/mol. The number of benzene rings is 2. The van der Waals surface area contributed by atoms with Crippen LogP contribution in [-0.2, 0) is 13.0 Å². The number of ether oxygens (including phenoxy) is 1. The maximum absolute atomic E-state index is 10.1. The Balaban J connectivity index is 1.55. The van der Waals surface area contributed by atoms with Gasteiger partial charge in [-0.15, -0.1) is 0 Å². The van der Waals surface area contributed by atoms with E-state index in [1.807, 2.05) is 30.3 Å². The lowest BCUT2D eigenvalue weighted by atomic mass is 10.0. The number of hydrogen-bond donors (Lipinski definition) is 2. The van der Waals surface area contributed by atoms with Crippen molar-refractivity contribution < 1.29 is 9.84 Å².